The first-order valence-electron chi connectivity index (χ1n) is 8.74. The van der Waals surface area contributed by atoms with Gasteiger partial charge in [0.25, 0.3) is 0 Å². The average molecular weight is 430 g/mol. The fraction of sp³-hybridized carbons (Fsp3) is 0.0500. The number of anilines is 1. The maximum Gasteiger partial charge on any atom is 0.319 e. The van der Waals surface area contributed by atoms with Gasteiger partial charge in [-0.25, -0.2) is 18.6 Å². The van der Waals surface area contributed by atoms with E-state index in [2.05, 4.69) is 25.6 Å². The fourth-order valence-electron chi connectivity index (χ4n) is 2.76. The number of rotatable bonds is 5. The number of H-pyrrole nitrogens is 1. The topological polar surface area (TPSA) is 91.9 Å². The molecule has 0 unspecified atom stereocenters. The van der Waals surface area contributed by atoms with Gasteiger partial charge >= 0.3 is 6.03 Å². The summed E-state index contributed by atoms with van der Waals surface area (Å²) in [5, 5.41) is 5.62. The van der Waals surface area contributed by atoms with Gasteiger partial charge in [0.2, 0.25) is 0 Å². The first kappa shape index (κ1) is 19.6. The van der Waals surface area contributed by atoms with E-state index in [0.717, 1.165) is 12.1 Å². The molecule has 30 heavy (non-hydrogen) atoms. The van der Waals surface area contributed by atoms with Crippen LogP contribution < -0.4 is 15.4 Å². The van der Waals surface area contributed by atoms with Gasteiger partial charge in [-0.15, -0.1) is 0 Å². The molecule has 152 valence electrons. The van der Waals surface area contributed by atoms with Crippen molar-refractivity contribution in [2.24, 2.45) is 0 Å². The van der Waals surface area contributed by atoms with E-state index in [0.29, 0.717) is 21.7 Å². The number of amides is 2. The molecule has 2 amide bonds. The second kappa shape index (κ2) is 8.34. The number of halogens is 3. The zero-order chi connectivity index (χ0) is 21.1. The molecule has 1 aromatic carbocycles. The van der Waals surface area contributed by atoms with Crippen molar-refractivity contribution < 1.29 is 18.3 Å². The van der Waals surface area contributed by atoms with Crippen LogP contribution in [0.15, 0.2) is 55.0 Å². The molecule has 0 aliphatic heterocycles. The second-order valence-corrected chi connectivity index (χ2v) is 6.58. The Morgan fingerprint density at radius 2 is 1.93 bits per heavy atom. The van der Waals surface area contributed by atoms with Crippen molar-refractivity contribution in [3.63, 3.8) is 0 Å². The van der Waals surface area contributed by atoms with Gasteiger partial charge < -0.3 is 20.4 Å². The number of aromatic nitrogens is 3. The number of urea groups is 1. The van der Waals surface area contributed by atoms with E-state index >= 15 is 0 Å². The smallest absolute Gasteiger partial charge is 0.319 e. The zero-order valence-corrected chi connectivity index (χ0v) is 16.0. The quantitative estimate of drug-likeness (QED) is 0.416. The molecule has 4 rings (SSSR count). The Hall–Kier alpha value is -3.72. The SMILES string of the molecule is O=C(NCc1ccccn1)Nc1cc(F)c(Oc2ccnc3[nH]cc(Cl)c23)c(F)c1. The average Bonchev–Trinajstić information content (AvgIpc) is 3.12. The van der Waals surface area contributed by atoms with Crippen LogP contribution in [0.3, 0.4) is 0 Å². The molecule has 3 heterocycles. The Kier molecular flexibility index (Phi) is 5.44. The van der Waals surface area contributed by atoms with Gasteiger partial charge in [0.05, 0.1) is 22.6 Å². The number of ether oxygens (including phenoxy) is 1. The van der Waals surface area contributed by atoms with Gasteiger partial charge in [-0.05, 0) is 18.2 Å². The summed E-state index contributed by atoms with van der Waals surface area (Å²) in [4.78, 5) is 23.0. The Morgan fingerprint density at radius 3 is 2.67 bits per heavy atom. The summed E-state index contributed by atoms with van der Waals surface area (Å²) >= 11 is 6.08. The van der Waals surface area contributed by atoms with Gasteiger partial charge in [0.1, 0.15) is 11.4 Å². The van der Waals surface area contributed by atoms with E-state index in [1.165, 1.54) is 18.5 Å². The van der Waals surface area contributed by atoms with E-state index in [-0.39, 0.29) is 18.0 Å². The normalized spacial score (nSPS) is 10.8. The first-order chi connectivity index (χ1) is 14.5. The van der Waals surface area contributed by atoms with Crippen LogP contribution in [-0.4, -0.2) is 21.0 Å². The Balaban J connectivity index is 1.49. The van der Waals surface area contributed by atoms with Crippen molar-refractivity contribution in [2.45, 2.75) is 6.54 Å². The summed E-state index contributed by atoms with van der Waals surface area (Å²) in [5.41, 5.74) is 0.984. The number of hydrogen-bond acceptors (Lipinski definition) is 4. The van der Waals surface area contributed by atoms with Crippen LogP contribution in [0.25, 0.3) is 11.0 Å². The first-order valence-corrected chi connectivity index (χ1v) is 9.12. The summed E-state index contributed by atoms with van der Waals surface area (Å²) < 4.78 is 34.5. The molecule has 3 aromatic heterocycles. The molecule has 0 aliphatic rings. The highest BCUT2D eigenvalue weighted by Crippen LogP contribution is 2.36. The van der Waals surface area contributed by atoms with E-state index < -0.39 is 23.4 Å². The van der Waals surface area contributed by atoms with Gasteiger partial charge in [-0.3, -0.25) is 4.98 Å². The highest BCUT2D eigenvalue weighted by Gasteiger charge is 2.18. The standard InChI is InChI=1S/C20H14ClF2N5O2/c21-13-10-26-19-17(13)16(4-6-25-19)30-18-14(22)7-12(8-15(18)23)28-20(29)27-9-11-3-1-2-5-24-11/h1-8,10H,9H2,(H,25,26)(H2,27,28,29). The third-order valence-electron chi connectivity index (χ3n) is 4.11. The number of nitrogens with zero attached hydrogens (tertiary/aromatic N) is 2. The molecule has 0 fully saturated rings. The van der Waals surface area contributed by atoms with Crippen molar-refractivity contribution in [3.8, 4) is 11.5 Å². The van der Waals surface area contributed by atoms with Gasteiger partial charge in [-0.2, -0.15) is 0 Å². The zero-order valence-electron chi connectivity index (χ0n) is 15.2. The molecule has 4 aromatic rings. The molecule has 10 heteroatoms. The van der Waals surface area contributed by atoms with Crippen LogP contribution in [0, 0.1) is 11.6 Å². The molecule has 0 radical (unpaired) electrons. The van der Waals surface area contributed by atoms with Crippen LogP contribution >= 0.6 is 11.6 Å². The molecule has 0 saturated heterocycles. The summed E-state index contributed by atoms with van der Waals surface area (Å²) in [6.07, 6.45) is 4.51. The predicted octanol–water partition coefficient (Wildman–Crippen LogP) is 5.00. The summed E-state index contributed by atoms with van der Waals surface area (Å²) in [6.45, 7) is 0.161. The van der Waals surface area contributed by atoms with Crippen molar-refractivity contribution >= 4 is 34.4 Å². The van der Waals surface area contributed by atoms with E-state index in [1.54, 1.807) is 24.4 Å². The number of nitrogens with one attached hydrogen (secondary N) is 3. The molecule has 0 spiro atoms. The molecular formula is C20H14ClF2N5O2. The van der Waals surface area contributed by atoms with E-state index in [1.807, 2.05) is 0 Å². The Bertz CT molecular complexity index is 1190. The minimum Gasteiger partial charge on any atom is -0.450 e. The number of carbonyl (C=O) groups excluding carboxylic acids is 1. The number of benzene rings is 1. The Labute approximate surface area is 174 Å². The monoisotopic (exact) mass is 429 g/mol. The summed E-state index contributed by atoms with van der Waals surface area (Å²) in [7, 11) is 0. The van der Waals surface area contributed by atoms with Gasteiger partial charge in [-0.1, -0.05) is 17.7 Å². The number of fused-ring (bicyclic) bond motifs is 1. The van der Waals surface area contributed by atoms with Crippen LogP contribution in [0.5, 0.6) is 11.5 Å². The summed E-state index contributed by atoms with van der Waals surface area (Å²) in [6, 6.07) is 7.98. The van der Waals surface area contributed by atoms with Gasteiger partial charge in [0, 0.05) is 36.4 Å². The lowest BCUT2D eigenvalue weighted by Gasteiger charge is -2.12. The fourth-order valence-corrected chi connectivity index (χ4v) is 3.00. The molecular weight excluding hydrogens is 416 g/mol. The Morgan fingerprint density at radius 1 is 1.13 bits per heavy atom. The van der Waals surface area contributed by atoms with Crippen molar-refractivity contribution in [1.82, 2.24) is 20.3 Å². The van der Waals surface area contributed by atoms with Crippen molar-refractivity contribution in [1.29, 1.82) is 0 Å². The lowest BCUT2D eigenvalue weighted by atomic mass is 10.2. The van der Waals surface area contributed by atoms with Crippen LogP contribution in [0.2, 0.25) is 5.02 Å². The number of hydrogen-bond donors (Lipinski definition) is 3. The third kappa shape index (κ3) is 4.15. The highest BCUT2D eigenvalue weighted by molar-refractivity contribution is 6.36. The maximum absolute atomic E-state index is 14.5. The lowest BCUT2D eigenvalue weighted by Crippen LogP contribution is -2.28. The molecule has 3 N–H and O–H groups in total. The summed E-state index contributed by atoms with van der Waals surface area (Å²) in [5.74, 6) is -2.48. The second-order valence-electron chi connectivity index (χ2n) is 6.17. The third-order valence-corrected chi connectivity index (χ3v) is 4.41. The van der Waals surface area contributed by atoms with Crippen LogP contribution in [-0.2, 0) is 6.54 Å². The molecule has 7 nitrogen and oxygen atoms in total. The predicted molar refractivity (Wildman–Crippen MR) is 108 cm³/mol. The molecule has 0 atom stereocenters. The molecule has 0 saturated carbocycles. The number of aromatic amines is 1. The number of carbonyl (C=O) groups is 1. The minimum absolute atomic E-state index is 0.0737. The molecule has 0 bridgehead atoms. The van der Waals surface area contributed by atoms with E-state index in [9.17, 15) is 13.6 Å². The highest BCUT2D eigenvalue weighted by atomic mass is 35.5. The minimum atomic E-state index is -0.994. The largest absolute Gasteiger partial charge is 0.450 e. The van der Waals surface area contributed by atoms with Crippen molar-refractivity contribution in [3.05, 3.63) is 77.3 Å². The van der Waals surface area contributed by atoms with E-state index in [4.69, 9.17) is 16.3 Å². The van der Waals surface area contributed by atoms with Crippen LogP contribution in [0.4, 0.5) is 19.3 Å². The molecule has 0 aliphatic carbocycles. The lowest BCUT2D eigenvalue weighted by molar-refractivity contribution is 0.251. The van der Waals surface area contributed by atoms with Crippen molar-refractivity contribution in [2.75, 3.05) is 5.32 Å². The van der Waals surface area contributed by atoms with Gasteiger partial charge in [0.15, 0.2) is 17.4 Å². The van der Waals surface area contributed by atoms with Crippen LogP contribution in [0.1, 0.15) is 5.69 Å². The number of pyridine rings is 2. The maximum atomic E-state index is 14.5.